The number of nitriles is 1. The molecule has 2 aromatic carbocycles. The topological polar surface area (TPSA) is 35.8 Å². The van der Waals surface area contributed by atoms with E-state index in [-0.39, 0.29) is 6.54 Å². The van der Waals surface area contributed by atoms with Crippen molar-refractivity contribution in [3.8, 4) is 6.07 Å². The van der Waals surface area contributed by atoms with E-state index in [1.54, 1.807) is 18.2 Å². The summed E-state index contributed by atoms with van der Waals surface area (Å²) in [6.45, 7) is 0.140. The molecule has 5 heteroatoms. The lowest BCUT2D eigenvalue weighted by molar-refractivity contribution is 0.574. The first-order valence-electron chi connectivity index (χ1n) is 5.47. The van der Waals surface area contributed by atoms with Crippen molar-refractivity contribution in [1.29, 1.82) is 5.26 Å². The Hall–Kier alpha value is -2.12. The Morgan fingerprint density at radius 2 is 1.95 bits per heavy atom. The second-order valence-electron chi connectivity index (χ2n) is 3.89. The molecule has 1 N–H and O–H groups in total. The molecule has 0 aliphatic heterocycles. The summed E-state index contributed by atoms with van der Waals surface area (Å²) in [7, 11) is 0. The van der Waals surface area contributed by atoms with Crippen LogP contribution in [0.5, 0.6) is 0 Å². The number of nitrogens with zero attached hydrogens (tertiary/aromatic N) is 1. The normalized spacial score (nSPS) is 10.0. The summed E-state index contributed by atoms with van der Waals surface area (Å²) in [5.74, 6) is -1.25. The summed E-state index contributed by atoms with van der Waals surface area (Å²) in [5.41, 5.74) is 1.23. The Bertz CT molecular complexity index is 650. The van der Waals surface area contributed by atoms with Gasteiger partial charge in [-0.2, -0.15) is 5.26 Å². The Morgan fingerprint density at radius 1 is 1.16 bits per heavy atom. The zero-order valence-corrected chi connectivity index (χ0v) is 10.5. The van der Waals surface area contributed by atoms with E-state index in [0.717, 1.165) is 6.07 Å². The van der Waals surface area contributed by atoms with Crippen molar-refractivity contribution in [3.05, 3.63) is 64.2 Å². The van der Waals surface area contributed by atoms with E-state index in [4.69, 9.17) is 16.9 Å². The van der Waals surface area contributed by atoms with E-state index in [9.17, 15) is 8.78 Å². The summed E-state index contributed by atoms with van der Waals surface area (Å²) in [5, 5.41) is 12.3. The number of anilines is 1. The molecule has 0 spiro atoms. The molecule has 0 atom stereocenters. The Kier molecular flexibility index (Phi) is 3.98. The number of halogens is 3. The van der Waals surface area contributed by atoms with Crippen molar-refractivity contribution >= 4 is 17.3 Å². The van der Waals surface area contributed by atoms with Crippen LogP contribution in [-0.4, -0.2) is 0 Å². The van der Waals surface area contributed by atoms with Gasteiger partial charge in [0.2, 0.25) is 0 Å². The van der Waals surface area contributed by atoms with Crippen molar-refractivity contribution in [2.75, 3.05) is 5.32 Å². The molecule has 0 aromatic heterocycles. The summed E-state index contributed by atoms with van der Waals surface area (Å²) in [6.07, 6.45) is 0. The lowest BCUT2D eigenvalue weighted by Gasteiger charge is -2.09. The van der Waals surface area contributed by atoms with Crippen LogP contribution in [0.25, 0.3) is 0 Å². The quantitative estimate of drug-likeness (QED) is 0.917. The molecule has 19 heavy (non-hydrogen) atoms. The maximum absolute atomic E-state index is 13.4. The summed E-state index contributed by atoms with van der Waals surface area (Å²) in [4.78, 5) is 0. The van der Waals surface area contributed by atoms with Gasteiger partial charge in [0, 0.05) is 23.2 Å². The van der Waals surface area contributed by atoms with Crippen LogP contribution in [0.2, 0.25) is 5.02 Å². The fourth-order valence-electron chi connectivity index (χ4n) is 1.62. The highest BCUT2D eigenvalue weighted by molar-refractivity contribution is 6.30. The molecule has 2 rings (SSSR count). The number of hydrogen-bond acceptors (Lipinski definition) is 2. The number of nitrogens with one attached hydrogen (secondary N) is 1. The molecule has 0 amide bonds. The third-order valence-corrected chi connectivity index (χ3v) is 2.82. The lowest BCUT2D eigenvalue weighted by Crippen LogP contribution is -2.03. The highest BCUT2D eigenvalue weighted by atomic mass is 35.5. The van der Waals surface area contributed by atoms with Crippen LogP contribution in [0.15, 0.2) is 36.4 Å². The zero-order chi connectivity index (χ0) is 13.8. The highest BCUT2D eigenvalue weighted by Crippen LogP contribution is 2.21. The fourth-order valence-corrected chi connectivity index (χ4v) is 1.79. The van der Waals surface area contributed by atoms with Crippen molar-refractivity contribution in [2.45, 2.75) is 6.54 Å². The van der Waals surface area contributed by atoms with Gasteiger partial charge in [-0.15, -0.1) is 0 Å². The molecule has 0 bridgehead atoms. The third-order valence-electron chi connectivity index (χ3n) is 2.59. The standard InChI is InChI=1S/C14H9ClF2N2/c15-11-3-1-9(7-18)14(5-11)19-8-10-2-4-12(16)6-13(10)17/h1-6,19H,8H2. The molecular weight excluding hydrogens is 270 g/mol. The van der Waals surface area contributed by atoms with Crippen LogP contribution in [0.4, 0.5) is 14.5 Å². The average Bonchev–Trinajstić information content (AvgIpc) is 2.38. The monoisotopic (exact) mass is 278 g/mol. The van der Waals surface area contributed by atoms with Gasteiger partial charge in [0.25, 0.3) is 0 Å². The second-order valence-corrected chi connectivity index (χ2v) is 4.33. The molecular formula is C14H9ClF2N2. The first-order chi connectivity index (χ1) is 9.10. The Morgan fingerprint density at radius 3 is 2.63 bits per heavy atom. The van der Waals surface area contributed by atoms with Gasteiger partial charge in [0.05, 0.1) is 11.3 Å². The maximum Gasteiger partial charge on any atom is 0.131 e. The molecule has 0 saturated carbocycles. The van der Waals surface area contributed by atoms with E-state index in [0.29, 0.717) is 21.8 Å². The van der Waals surface area contributed by atoms with Gasteiger partial charge >= 0.3 is 0 Å². The van der Waals surface area contributed by atoms with Crippen molar-refractivity contribution in [2.24, 2.45) is 0 Å². The molecule has 2 aromatic rings. The summed E-state index contributed by atoms with van der Waals surface area (Å²) in [6, 6.07) is 10.1. The number of hydrogen-bond donors (Lipinski definition) is 1. The van der Waals surface area contributed by atoms with Crippen LogP contribution < -0.4 is 5.32 Å². The van der Waals surface area contributed by atoms with E-state index >= 15 is 0 Å². The van der Waals surface area contributed by atoms with Crippen LogP contribution in [-0.2, 0) is 6.54 Å². The van der Waals surface area contributed by atoms with Gasteiger partial charge in [-0.25, -0.2) is 8.78 Å². The first kappa shape index (κ1) is 13.3. The molecule has 0 aliphatic carbocycles. The van der Waals surface area contributed by atoms with E-state index in [2.05, 4.69) is 5.32 Å². The van der Waals surface area contributed by atoms with Crippen molar-refractivity contribution in [1.82, 2.24) is 0 Å². The van der Waals surface area contributed by atoms with Gasteiger partial charge < -0.3 is 5.32 Å². The largest absolute Gasteiger partial charge is 0.380 e. The van der Waals surface area contributed by atoms with E-state index in [1.807, 2.05) is 6.07 Å². The minimum atomic E-state index is -0.631. The highest BCUT2D eigenvalue weighted by Gasteiger charge is 2.06. The average molecular weight is 279 g/mol. The maximum atomic E-state index is 13.4. The molecule has 96 valence electrons. The number of benzene rings is 2. The predicted molar refractivity (Wildman–Crippen MR) is 69.9 cm³/mol. The van der Waals surface area contributed by atoms with Crippen LogP contribution >= 0.6 is 11.6 Å². The van der Waals surface area contributed by atoms with Crippen LogP contribution in [0.3, 0.4) is 0 Å². The number of rotatable bonds is 3. The lowest BCUT2D eigenvalue weighted by atomic mass is 10.1. The van der Waals surface area contributed by atoms with Gasteiger partial charge in [0.1, 0.15) is 17.7 Å². The van der Waals surface area contributed by atoms with Crippen LogP contribution in [0, 0.1) is 23.0 Å². The van der Waals surface area contributed by atoms with Crippen LogP contribution in [0.1, 0.15) is 11.1 Å². The molecule has 0 unspecified atom stereocenters. The first-order valence-corrected chi connectivity index (χ1v) is 5.85. The minimum Gasteiger partial charge on any atom is -0.380 e. The van der Waals surface area contributed by atoms with Gasteiger partial charge in [-0.05, 0) is 24.3 Å². The molecule has 0 aliphatic rings. The van der Waals surface area contributed by atoms with Gasteiger partial charge in [-0.3, -0.25) is 0 Å². The van der Waals surface area contributed by atoms with Crippen molar-refractivity contribution < 1.29 is 8.78 Å². The molecule has 0 heterocycles. The Balaban J connectivity index is 2.19. The fraction of sp³-hybridized carbons (Fsp3) is 0.0714. The summed E-state index contributed by atoms with van der Waals surface area (Å²) >= 11 is 5.83. The molecule has 2 nitrogen and oxygen atoms in total. The summed E-state index contributed by atoms with van der Waals surface area (Å²) < 4.78 is 26.2. The molecule has 0 fully saturated rings. The zero-order valence-electron chi connectivity index (χ0n) is 9.75. The second kappa shape index (κ2) is 5.68. The molecule has 0 radical (unpaired) electrons. The smallest absolute Gasteiger partial charge is 0.131 e. The SMILES string of the molecule is N#Cc1ccc(Cl)cc1NCc1ccc(F)cc1F. The Labute approximate surface area is 114 Å². The van der Waals surface area contributed by atoms with Crippen molar-refractivity contribution in [3.63, 3.8) is 0 Å². The molecule has 0 saturated heterocycles. The van der Waals surface area contributed by atoms with E-state index in [1.165, 1.54) is 12.1 Å². The van der Waals surface area contributed by atoms with Gasteiger partial charge in [-0.1, -0.05) is 17.7 Å². The predicted octanol–water partition coefficient (Wildman–Crippen LogP) is 4.10. The third kappa shape index (κ3) is 3.21. The minimum absolute atomic E-state index is 0.140. The van der Waals surface area contributed by atoms with E-state index < -0.39 is 11.6 Å². The van der Waals surface area contributed by atoms with Gasteiger partial charge in [0.15, 0.2) is 0 Å².